The molecule has 1 aliphatic carbocycles. The van der Waals surface area contributed by atoms with Crippen molar-refractivity contribution in [3.05, 3.63) is 33.8 Å². The van der Waals surface area contributed by atoms with E-state index < -0.39 is 0 Å². The number of benzene rings is 1. The minimum absolute atomic E-state index is 0.142. The highest BCUT2D eigenvalue weighted by atomic mass is 35.5. The maximum absolute atomic E-state index is 11.9. The van der Waals surface area contributed by atoms with Crippen LogP contribution in [0.25, 0.3) is 0 Å². The molecule has 0 N–H and O–H groups in total. The number of carbonyl (C=O) groups is 1. The molecule has 0 bridgehead atoms. The van der Waals surface area contributed by atoms with Crippen LogP contribution in [-0.2, 0) is 0 Å². The van der Waals surface area contributed by atoms with Gasteiger partial charge in [0.1, 0.15) is 0 Å². The first kappa shape index (κ1) is 10.0. The fourth-order valence-corrected chi connectivity index (χ4v) is 1.96. The Morgan fingerprint density at radius 1 is 1.29 bits per heavy atom. The van der Waals surface area contributed by atoms with Gasteiger partial charge in [-0.3, -0.25) is 4.79 Å². The molecule has 0 aliphatic heterocycles. The maximum atomic E-state index is 11.9. The van der Waals surface area contributed by atoms with Crippen LogP contribution in [0.5, 0.6) is 0 Å². The van der Waals surface area contributed by atoms with Crippen molar-refractivity contribution in [2.24, 2.45) is 5.92 Å². The highest BCUT2D eigenvalue weighted by Gasteiger charge is 2.27. The molecule has 0 spiro atoms. The first-order valence-corrected chi connectivity index (χ1v) is 5.43. The summed E-state index contributed by atoms with van der Waals surface area (Å²) in [6.07, 6.45) is 3.12. The minimum atomic E-state index is 0.142. The van der Waals surface area contributed by atoms with Crippen molar-refractivity contribution in [2.75, 3.05) is 0 Å². The average Bonchev–Trinajstić information content (AvgIpc) is 2.06. The second-order valence-electron chi connectivity index (χ2n) is 3.62. The van der Waals surface area contributed by atoms with Crippen LogP contribution in [0.15, 0.2) is 18.2 Å². The van der Waals surface area contributed by atoms with Crippen LogP contribution in [0.3, 0.4) is 0 Å². The molecular formula is C11H10Cl2O. The van der Waals surface area contributed by atoms with Gasteiger partial charge in [-0.1, -0.05) is 29.6 Å². The Hall–Kier alpha value is -0.530. The third-order valence-corrected chi connectivity index (χ3v) is 3.23. The summed E-state index contributed by atoms with van der Waals surface area (Å²) >= 11 is 11.8. The second kappa shape index (κ2) is 3.92. The Kier molecular flexibility index (Phi) is 2.80. The monoisotopic (exact) mass is 228 g/mol. The molecule has 3 heteroatoms. The number of carbonyl (C=O) groups excluding carboxylic acids is 1. The van der Waals surface area contributed by atoms with E-state index in [1.807, 2.05) is 0 Å². The Bertz CT molecular complexity index is 370. The topological polar surface area (TPSA) is 17.1 Å². The van der Waals surface area contributed by atoms with E-state index in [0.717, 1.165) is 19.3 Å². The van der Waals surface area contributed by atoms with Crippen molar-refractivity contribution in [3.8, 4) is 0 Å². The molecule has 0 saturated heterocycles. The van der Waals surface area contributed by atoms with Gasteiger partial charge < -0.3 is 0 Å². The molecule has 0 amide bonds. The van der Waals surface area contributed by atoms with Crippen LogP contribution in [0, 0.1) is 5.92 Å². The van der Waals surface area contributed by atoms with Crippen LogP contribution in [-0.4, -0.2) is 5.78 Å². The van der Waals surface area contributed by atoms with Gasteiger partial charge in [-0.15, -0.1) is 0 Å². The van der Waals surface area contributed by atoms with E-state index in [0.29, 0.717) is 15.6 Å². The van der Waals surface area contributed by atoms with Gasteiger partial charge in [0.25, 0.3) is 0 Å². The molecule has 1 aromatic rings. The van der Waals surface area contributed by atoms with Gasteiger partial charge in [-0.2, -0.15) is 0 Å². The molecule has 1 aliphatic rings. The van der Waals surface area contributed by atoms with Gasteiger partial charge in [0.2, 0.25) is 0 Å². The van der Waals surface area contributed by atoms with Crippen molar-refractivity contribution in [1.82, 2.24) is 0 Å². The minimum Gasteiger partial charge on any atom is -0.294 e. The molecule has 1 aromatic carbocycles. The predicted molar refractivity (Wildman–Crippen MR) is 58.1 cm³/mol. The fourth-order valence-electron chi connectivity index (χ4n) is 1.58. The lowest BCUT2D eigenvalue weighted by molar-refractivity contribution is 0.0855. The molecule has 1 fully saturated rings. The summed E-state index contributed by atoms with van der Waals surface area (Å²) in [6.45, 7) is 0. The Labute approximate surface area is 93.0 Å². The molecular weight excluding hydrogens is 219 g/mol. The van der Waals surface area contributed by atoms with E-state index in [-0.39, 0.29) is 11.7 Å². The van der Waals surface area contributed by atoms with Crippen molar-refractivity contribution in [3.63, 3.8) is 0 Å². The molecule has 14 heavy (non-hydrogen) atoms. The Morgan fingerprint density at radius 2 is 2.00 bits per heavy atom. The number of Topliss-reactive ketones (excluding diaryl/α,β-unsaturated/α-hetero) is 1. The van der Waals surface area contributed by atoms with Gasteiger partial charge in [0, 0.05) is 16.5 Å². The summed E-state index contributed by atoms with van der Waals surface area (Å²) in [7, 11) is 0. The van der Waals surface area contributed by atoms with Gasteiger partial charge in [0.05, 0.1) is 5.02 Å². The lowest BCUT2D eigenvalue weighted by Crippen LogP contribution is -2.22. The summed E-state index contributed by atoms with van der Waals surface area (Å²) in [5.74, 6) is 0.315. The number of hydrogen-bond acceptors (Lipinski definition) is 1. The van der Waals surface area contributed by atoms with E-state index in [1.54, 1.807) is 18.2 Å². The van der Waals surface area contributed by atoms with E-state index >= 15 is 0 Å². The summed E-state index contributed by atoms with van der Waals surface area (Å²) in [6, 6.07) is 5.03. The molecule has 1 saturated carbocycles. The lowest BCUT2D eigenvalue weighted by atomic mass is 9.80. The van der Waals surface area contributed by atoms with Gasteiger partial charge in [-0.05, 0) is 31.0 Å². The van der Waals surface area contributed by atoms with E-state index in [2.05, 4.69) is 0 Å². The van der Waals surface area contributed by atoms with Crippen molar-refractivity contribution < 1.29 is 4.79 Å². The molecule has 0 aromatic heterocycles. The van der Waals surface area contributed by atoms with Crippen LogP contribution in [0.4, 0.5) is 0 Å². The molecule has 0 radical (unpaired) electrons. The molecule has 74 valence electrons. The highest BCUT2D eigenvalue weighted by molar-refractivity contribution is 6.36. The van der Waals surface area contributed by atoms with E-state index in [1.165, 1.54) is 0 Å². The number of rotatable bonds is 2. The third-order valence-electron chi connectivity index (χ3n) is 2.67. The van der Waals surface area contributed by atoms with Crippen molar-refractivity contribution in [1.29, 1.82) is 0 Å². The molecule has 2 rings (SSSR count). The third kappa shape index (κ3) is 1.79. The van der Waals surface area contributed by atoms with E-state index in [9.17, 15) is 4.79 Å². The fraction of sp³-hybridized carbons (Fsp3) is 0.364. The van der Waals surface area contributed by atoms with E-state index in [4.69, 9.17) is 23.2 Å². The zero-order chi connectivity index (χ0) is 10.1. The van der Waals surface area contributed by atoms with Crippen molar-refractivity contribution in [2.45, 2.75) is 19.3 Å². The second-order valence-corrected chi connectivity index (χ2v) is 4.46. The van der Waals surface area contributed by atoms with Crippen LogP contribution in [0.2, 0.25) is 10.0 Å². The van der Waals surface area contributed by atoms with Crippen LogP contribution in [0.1, 0.15) is 29.6 Å². The summed E-state index contributed by atoms with van der Waals surface area (Å²) < 4.78 is 0. The molecule has 1 nitrogen and oxygen atoms in total. The van der Waals surface area contributed by atoms with Gasteiger partial charge in [0.15, 0.2) is 5.78 Å². The summed E-state index contributed by atoms with van der Waals surface area (Å²) in [5, 5.41) is 1.07. The summed E-state index contributed by atoms with van der Waals surface area (Å²) in [5.41, 5.74) is 0.573. The van der Waals surface area contributed by atoms with Gasteiger partial charge in [-0.25, -0.2) is 0 Å². The predicted octanol–water partition coefficient (Wildman–Crippen LogP) is 3.98. The van der Waals surface area contributed by atoms with Crippen molar-refractivity contribution >= 4 is 29.0 Å². The quantitative estimate of drug-likeness (QED) is 0.701. The smallest absolute Gasteiger partial charge is 0.167 e. The van der Waals surface area contributed by atoms with Crippen LogP contribution >= 0.6 is 23.2 Å². The number of ketones is 1. The largest absolute Gasteiger partial charge is 0.294 e. The molecule has 0 heterocycles. The average molecular weight is 229 g/mol. The molecule has 0 atom stereocenters. The lowest BCUT2D eigenvalue weighted by Gasteiger charge is -2.24. The zero-order valence-electron chi connectivity index (χ0n) is 7.59. The SMILES string of the molecule is O=C(c1cc(Cl)ccc1Cl)C1CCC1. The standard InChI is InChI=1S/C11H10Cl2O/c12-8-4-5-10(13)9(6-8)11(14)7-2-1-3-7/h4-7H,1-3H2. The normalized spacial score (nSPS) is 16.4. The highest BCUT2D eigenvalue weighted by Crippen LogP contribution is 2.32. The number of hydrogen-bond donors (Lipinski definition) is 0. The van der Waals surface area contributed by atoms with Crippen LogP contribution < -0.4 is 0 Å². The molecule has 0 unspecified atom stereocenters. The maximum Gasteiger partial charge on any atom is 0.167 e. The van der Waals surface area contributed by atoms with Gasteiger partial charge >= 0.3 is 0 Å². The summed E-state index contributed by atoms with van der Waals surface area (Å²) in [4.78, 5) is 11.9. The number of halogens is 2. The first-order valence-electron chi connectivity index (χ1n) is 4.68. The zero-order valence-corrected chi connectivity index (χ0v) is 9.11. The first-order chi connectivity index (χ1) is 6.68. The Morgan fingerprint density at radius 3 is 2.57 bits per heavy atom. The Balaban J connectivity index is 2.29.